The molecule has 0 aliphatic rings. The fraction of sp³-hybridized carbons (Fsp3) is 0.0909. The van der Waals surface area contributed by atoms with Crippen molar-refractivity contribution in [2.24, 2.45) is 0 Å². The van der Waals surface area contributed by atoms with Crippen molar-refractivity contribution >= 4 is 34.3 Å². The van der Waals surface area contributed by atoms with Gasteiger partial charge in [-0.1, -0.05) is 29.8 Å². The van der Waals surface area contributed by atoms with Gasteiger partial charge in [-0.2, -0.15) is 0 Å². The predicted molar refractivity (Wildman–Crippen MR) is 110 cm³/mol. The highest BCUT2D eigenvalue weighted by Crippen LogP contribution is 2.32. The molecule has 0 unspecified atom stereocenters. The number of nitrogens with zero attached hydrogens (tertiary/aromatic N) is 1. The van der Waals surface area contributed by atoms with Gasteiger partial charge in [0.05, 0.1) is 12.1 Å². The number of methoxy groups -OCH3 is 1. The lowest BCUT2D eigenvalue weighted by Crippen LogP contribution is -2.13. The van der Waals surface area contributed by atoms with E-state index >= 15 is 0 Å². The van der Waals surface area contributed by atoms with Gasteiger partial charge in [-0.05, 0) is 55.0 Å². The second-order valence-electron chi connectivity index (χ2n) is 6.32. The van der Waals surface area contributed by atoms with Crippen LogP contribution in [0.15, 0.2) is 65.1 Å². The van der Waals surface area contributed by atoms with Crippen LogP contribution in [-0.2, 0) is 0 Å². The maximum Gasteiger partial charge on any atom is 0.255 e. The van der Waals surface area contributed by atoms with E-state index in [9.17, 15) is 4.79 Å². The standard InChI is InChI=1S/C22H17ClN2O3/c1-13-5-3-4-6-16(13)21(26)24-15-8-10-20-18(12-15)25-22(28-20)14-7-9-19(27-2)17(23)11-14/h3-12H,1-2H3,(H,24,26). The molecular formula is C22H17ClN2O3. The van der Waals surface area contributed by atoms with E-state index in [1.54, 1.807) is 43.5 Å². The lowest BCUT2D eigenvalue weighted by molar-refractivity contribution is 0.102. The SMILES string of the molecule is COc1ccc(-c2nc3cc(NC(=O)c4ccccc4C)ccc3o2)cc1Cl. The van der Waals surface area contributed by atoms with Crippen LogP contribution in [0.2, 0.25) is 5.02 Å². The van der Waals surface area contributed by atoms with Crippen LogP contribution in [0.1, 0.15) is 15.9 Å². The molecule has 28 heavy (non-hydrogen) atoms. The van der Waals surface area contributed by atoms with Gasteiger partial charge in [0.15, 0.2) is 5.58 Å². The molecule has 0 bridgehead atoms. The molecule has 0 fully saturated rings. The summed E-state index contributed by atoms with van der Waals surface area (Å²) >= 11 is 6.19. The quantitative estimate of drug-likeness (QED) is 0.482. The summed E-state index contributed by atoms with van der Waals surface area (Å²) in [6, 6.07) is 18.1. The van der Waals surface area contributed by atoms with Gasteiger partial charge in [0.2, 0.25) is 5.89 Å². The Morgan fingerprint density at radius 2 is 1.93 bits per heavy atom. The summed E-state index contributed by atoms with van der Waals surface area (Å²) < 4.78 is 11.0. The number of hydrogen-bond donors (Lipinski definition) is 1. The number of oxazole rings is 1. The summed E-state index contributed by atoms with van der Waals surface area (Å²) in [4.78, 5) is 17.0. The van der Waals surface area contributed by atoms with E-state index in [1.165, 1.54) is 0 Å². The number of amides is 1. The second kappa shape index (κ2) is 7.37. The molecule has 1 N–H and O–H groups in total. The maximum absolute atomic E-state index is 12.5. The Bertz CT molecular complexity index is 1180. The van der Waals surface area contributed by atoms with Crippen molar-refractivity contribution < 1.29 is 13.9 Å². The van der Waals surface area contributed by atoms with Crippen molar-refractivity contribution in [3.8, 4) is 17.2 Å². The zero-order valence-corrected chi connectivity index (χ0v) is 16.1. The Morgan fingerprint density at radius 3 is 2.68 bits per heavy atom. The Hall–Kier alpha value is -3.31. The lowest BCUT2D eigenvalue weighted by Gasteiger charge is -2.07. The van der Waals surface area contributed by atoms with Crippen molar-refractivity contribution in [3.05, 3.63) is 76.8 Å². The molecule has 1 heterocycles. The molecule has 4 rings (SSSR count). The van der Waals surface area contributed by atoms with E-state index in [0.29, 0.717) is 39.0 Å². The summed E-state index contributed by atoms with van der Waals surface area (Å²) in [6.45, 7) is 1.90. The minimum atomic E-state index is -0.164. The summed E-state index contributed by atoms with van der Waals surface area (Å²) in [7, 11) is 1.56. The number of aryl methyl sites for hydroxylation is 1. The van der Waals surface area contributed by atoms with Crippen LogP contribution < -0.4 is 10.1 Å². The average Bonchev–Trinajstić information content (AvgIpc) is 3.11. The molecule has 5 nitrogen and oxygen atoms in total. The summed E-state index contributed by atoms with van der Waals surface area (Å²) in [5, 5.41) is 3.39. The van der Waals surface area contributed by atoms with E-state index in [-0.39, 0.29) is 5.91 Å². The van der Waals surface area contributed by atoms with E-state index < -0.39 is 0 Å². The average molecular weight is 393 g/mol. The second-order valence-corrected chi connectivity index (χ2v) is 6.73. The van der Waals surface area contributed by atoms with Gasteiger partial charge in [-0.15, -0.1) is 0 Å². The predicted octanol–water partition coefficient (Wildman–Crippen LogP) is 5.72. The molecule has 6 heteroatoms. The molecule has 0 aliphatic heterocycles. The van der Waals surface area contributed by atoms with Gasteiger partial charge in [0, 0.05) is 16.8 Å². The van der Waals surface area contributed by atoms with Crippen LogP contribution in [-0.4, -0.2) is 18.0 Å². The molecule has 1 aromatic heterocycles. The molecule has 0 radical (unpaired) electrons. The number of carbonyl (C=O) groups excluding carboxylic acids is 1. The first-order chi connectivity index (χ1) is 13.5. The summed E-state index contributed by atoms with van der Waals surface area (Å²) in [5.41, 5.74) is 4.21. The smallest absolute Gasteiger partial charge is 0.255 e. The lowest BCUT2D eigenvalue weighted by atomic mass is 10.1. The van der Waals surface area contributed by atoms with Crippen LogP contribution in [0.3, 0.4) is 0 Å². The Morgan fingerprint density at radius 1 is 1.11 bits per heavy atom. The van der Waals surface area contributed by atoms with Crippen LogP contribution in [0, 0.1) is 6.92 Å². The fourth-order valence-corrected chi connectivity index (χ4v) is 3.21. The number of nitrogens with one attached hydrogen (secondary N) is 1. The number of anilines is 1. The van der Waals surface area contributed by atoms with Crippen LogP contribution in [0.4, 0.5) is 5.69 Å². The van der Waals surface area contributed by atoms with Gasteiger partial charge < -0.3 is 14.5 Å². The molecule has 0 saturated heterocycles. The number of rotatable bonds is 4. The summed E-state index contributed by atoms with van der Waals surface area (Å²) in [5.74, 6) is 0.868. The van der Waals surface area contributed by atoms with Crippen LogP contribution in [0.5, 0.6) is 5.75 Å². The number of carbonyl (C=O) groups is 1. The molecule has 140 valence electrons. The highest BCUT2D eigenvalue weighted by molar-refractivity contribution is 6.32. The Balaban J connectivity index is 1.62. The molecular weight excluding hydrogens is 376 g/mol. The van der Waals surface area contributed by atoms with Crippen molar-refractivity contribution in [2.45, 2.75) is 6.92 Å². The van der Waals surface area contributed by atoms with E-state index in [1.807, 2.05) is 31.2 Å². The Labute approximate surface area is 166 Å². The number of aromatic nitrogens is 1. The first-order valence-corrected chi connectivity index (χ1v) is 9.04. The van der Waals surface area contributed by atoms with Crippen LogP contribution >= 0.6 is 11.6 Å². The van der Waals surface area contributed by atoms with E-state index in [4.69, 9.17) is 20.8 Å². The third-order valence-electron chi connectivity index (χ3n) is 4.43. The van der Waals surface area contributed by atoms with Crippen molar-refractivity contribution in [1.29, 1.82) is 0 Å². The van der Waals surface area contributed by atoms with E-state index in [0.717, 1.165) is 11.1 Å². The van der Waals surface area contributed by atoms with Gasteiger partial charge in [-0.25, -0.2) is 4.98 Å². The zero-order valence-electron chi connectivity index (χ0n) is 15.3. The normalized spacial score (nSPS) is 10.8. The molecule has 0 atom stereocenters. The molecule has 4 aromatic rings. The number of fused-ring (bicyclic) bond motifs is 1. The minimum Gasteiger partial charge on any atom is -0.495 e. The van der Waals surface area contributed by atoms with Gasteiger partial charge in [0.1, 0.15) is 11.3 Å². The Kier molecular flexibility index (Phi) is 4.75. The summed E-state index contributed by atoms with van der Waals surface area (Å²) in [6.07, 6.45) is 0. The topological polar surface area (TPSA) is 64.4 Å². The van der Waals surface area contributed by atoms with Gasteiger partial charge in [0.25, 0.3) is 5.91 Å². The van der Waals surface area contributed by atoms with Crippen molar-refractivity contribution in [2.75, 3.05) is 12.4 Å². The number of benzene rings is 3. The molecule has 0 spiro atoms. The number of halogens is 1. The third-order valence-corrected chi connectivity index (χ3v) is 4.73. The first kappa shape index (κ1) is 18.1. The van der Waals surface area contributed by atoms with Crippen LogP contribution in [0.25, 0.3) is 22.6 Å². The molecule has 3 aromatic carbocycles. The van der Waals surface area contributed by atoms with Crippen molar-refractivity contribution in [1.82, 2.24) is 4.98 Å². The number of hydrogen-bond acceptors (Lipinski definition) is 4. The minimum absolute atomic E-state index is 0.164. The molecule has 0 aliphatic carbocycles. The monoisotopic (exact) mass is 392 g/mol. The highest BCUT2D eigenvalue weighted by atomic mass is 35.5. The number of ether oxygens (including phenoxy) is 1. The molecule has 1 amide bonds. The molecule has 0 saturated carbocycles. The highest BCUT2D eigenvalue weighted by Gasteiger charge is 2.13. The first-order valence-electron chi connectivity index (χ1n) is 8.66. The van der Waals surface area contributed by atoms with Gasteiger partial charge in [-0.3, -0.25) is 4.79 Å². The van der Waals surface area contributed by atoms with Crippen molar-refractivity contribution in [3.63, 3.8) is 0 Å². The maximum atomic E-state index is 12.5. The third kappa shape index (κ3) is 3.44. The zero-order chi connectivity index (χ0) is 19.7. The largest absolute Gasteiger partial charge is 0.495 e. The van der Waals surface area contributed by atoms with Gasteiger partial charge >= 0.3 is 0 Å². The van der Waals surface area contributed by atoms with E-state index in [2.05, 4.69) is 10.3 Å². The fourth-order valence-electron chi connectivity index (χ4n) is 2.95.